The number of aryl methyl sites for hydroxylation is 1. The van der Waals surface area contributed by atoms with Crippen molar-refractivity contribution in [2.45, 2.75) is 42.1 Å². The van der Waals surface area contributed by atoms with Gasteiger partial charge in [0.1, 0.15) is 16.7 Å². The van der Waals surface area contributed by atoms with E-state index in [1.54, 1.807) is 6.20 Å². The largest absolute Gasteiger partial charge is 0.382 e. The van der Waals surface area contributed by atoms with Crippen molar-refractivity contribution in [1.82, 2.24) is 15.0 Å². The fourth-order valence-corrected chi connectivity index (χ4v) is 5.98. The van der Waals surface area contributed by atoms with Gasteiger partial charge in [0.05, 0.1) is 16.9 Å². The SMILES string of the molecule is Cc1nc(Sc2ccnc(N)c2Cl)cnc1N1CCC2(CC1)Cc1ccccc1[C@H]2N. The van der Waals surface area contributed by atoms with Crippen LogP contribution in [-0.4, -0.2) is 28.0 Å². The minimum absolute atomic E-state index is 0.120. The second kappa shape index (κ2) is 7.97. The van der Waals surface area contributed by atoms with Crippen LogP contribution in [0, 0.1) is 12.3 Å². The Morgan fingerprint density at radius 3 is 2.68 bits per heavy atom. The molecule has 2 aromatic heterocycles. The van der Waals surface area contributed by atoms with Crippen LogP contribution < -0.4 is 16.4 Å². The molecule has 0 bridgehead atoms. The van der Waals surface area contributed by atoms with Crippen LogP contribution in [0.3, 0.4) is 0 Å². The third-order valence-electron chi connectivity index (χ3n) is 6.65. The Bertz CT molecular complexity index is 1130. The fourth-order valence-electron chi connectivity index (χ4n) is 4.92. The summed E-state index contributed by atoms with van der Waals surface area (Å²) < 4.78 is 0. The second-order valence-corrected chi connectivity index (χ2v) is 9.87. The monoisotopic (exact) mass is 452 g/mol. The predicted molar refractivity (Wildman–Crippen MR) is 126 cm³/mol. The number of nitrogen functional groups attached to an aromatic ring is 1. The molecule has 31 heavy (non-hydrogen) atoms. The van der Waals surface area contributed by atoms with Crippen LogP contribution in [0.5, 0.6) is 0 Å². The Morgan fingerprint density at radius 2 is 1.94 bits per heavy atom. The van der Waals surface area contributed by atoms with Crippen LogP contribution in [-0.2, 0) is 6.42 Å². The highest BCUT2D eigenvalue weighted by Crippen LogP contribution is 2.51. The average molecular weight is 453 g/mol. The number of halogens is 1. The molecule has 0 unspecified atom stereocenters. The molecular weight excluding hydrogens is 428 g/mol. The van der Waals surface area contributed by atoms with Gasteiger partial charge >= 0.3 is 0 Å². The number of pyridine rings is 1. The highest BCUT2D eigenvalue weighted by molar-refractivity contribution is 7.99. The molecule has 1 atom stereocenters. The summed E-state index contributed by atoms with van der Waals surface area (Å²) in [6.07, 6.45) is 6.66. The Hall–Kier alpha value is -2.35. The van der Waals surface area contributed by atoms with Crippen LogP contribution in [0.1, 0.15) is 35.7 Å². The standard InChI is InChI=1S/C23H25ClN6S/c1-14-22(28-13-18(29-14)31-17-6-9-27-21(26)19(17)24)30-10-7-23(8-11-30)12-15-4-2-3-5-16(15)20(23)25/h2-6,9,13,20H,7-8,10-12,25H2,1H3,(H2,26,27)/t20-/m1/s1. The summed E-state index contributed by atoms with van der Waals surface area (Å²) in [6, 6.07) is 10.6. The van der Waals surface area contributed by atoms with Crippen LogP contribution in [0.15, 0.2) is 52.6 Å². The Morgan fingerprint density at radius 1 is 1.16 bits per heavy atom. The Balaban J connectivity index is 1.30. The molecule has 1 saturated heterocycles. The van der Waals surface area contributed by atoms with Gasteiger partial charge in [-0.1, -0.05) is 47.6 Å². The number of nitrogens with zero attached hydrogens (tertiary/aromatic N) is 4. The minimum Gasteiger partial charge on any atom is -0.382 e. The lowest BCUT2D eigenvalue weighted by atomic mass is 9.73. The molecule has 6 nitrogen and oxygen atoms in total. The molecule has 8 heteroatoms. The normalized spacial score (nSPS) is 19.6. The lowest BCUT2D eigenvalue weighted by Gasteiger charge is -2.42. The number of piperidine rings is 1. The van der Waals surface area contributed by atoms with E-state index >= 15 is 0 Å². The van der Waals surface area contributed by atoms with Crippen LogP contribution in [0.4, 0.5) is 11.6 Å². The zero-order chi connectivity index (χ0) is 21.6. The molecule has 4 N–H and O–H groups in total. The molecule has 0 saturated carbocycles. The molecule has 160 valence electrons. The van der Waals surface area contributed by atoms with E-state index in [1.165, 1.54) is 22.9 Å². The van der Waals surface area contributed by atoms with Gasteiger partial charge in [-0.3, -0.25) is 0 Å². The first-order valence-electron chi connectivity index (χ1n) is 10.5. The van der Waals surface area contributed by atoms with Gasteiger partial charge in [-0.25, -0.2) is 15.0 Å². The topological polar surface area (TPSA) is 93.9 Å². The number of anilines is 2. The van der Waals surface area contributed by atoms with Crippen molar-refractivity contribution in [2.75, 3.05) is 23.7 Å². The summed E-state index contributed by atoms with van der Waals surface area (Å²) in [5.41, 5.74) is 16.3. The van der Waals surface area contributed by atoms with E-state index in [0.29, 0.717) is 10.8 Å². The maximum atomic E-state index is 6.71. The van der Waals surface area contributed by atoms with E-state index in [0.717, 1.165) is 53.8 Å². The highest BCUT2D eigenvalue weighted by atomic mass is 35.5. The first kappa shape index (κ1) is 20.5. The third-order valence-corrected chi connectivity index (χ3v) is 8.12. The van der Waals surface area contributed by atoms with Gasteiger partial charge in [0.2, 0.25) is 0 Å². The van der Waals surface area contributed by atoms with E-state index in [9.17, 15) is 0 Å². The summed E-state index contributed by atoms with van der Waals surface area (Å²) in [5.74, 6) is 1.27. The third kappa shape index (κ3) is 3.64. The molecule has 0 amide bonds. The van der Waals surface area contributed by atoms with E-state index in [-0.39, 0.29) is 11.5 Å². The smallest absolute Gasteiger partial charge is 0.150 e. The first-order valence-corrected chi connectivity index (χ1v) is 11.7. The molecule has 1 aliphatic carbocycles. The maximum absolute atomic E-state index is 6.71. The van der Waals surface area contributed by atoms with E-state index in [1.807, 2.05) is 19.2 Å². The molecule has 5 rings (SSSR count). The predicted octanol–water partition coefficient (Wildman–Crippen LogP) is 4.41. The number of fused-ring (bicyclic) bond motifs is 1. The van der Waals surface area contributed by atoms with Gasteiger partial charge in [-0.05, 0) is 48.8 Å². The number of hydrogen-bond donors (Lipinski definition) is 2. The zero-order valence-electron chi connectivity index (χ0n) is 17.4. The van der Waals surface area contributed by atoms with Gasteiger partial charge in [0.15, 0.2) is 0 Å². The molecule has 3 aromatic rings. The minimum atomic E-state index is 0.120. The average Bonchev–Trinajstić information content (AvgIpc) is 3.04. The number of benzene rings is 1. The fraction of sp³-hybridized carbons (Fsp3) is 0.348. The Labute approximate surface area is 191 Å². The van der Waals surface area contributed by atoms with E-state index < -0.39 is 0 Å². The molecule has 3 heterocycles. The quantitative estimate of drug-likeness (QED) is 0.607. The zero-order valence-corrected chi connectivity index (χ0v) is 19.0. The van der Waals surface area contributed by atoms with Gasteiger partial charge < -0.3 is 16.4 Å². The van der Waals surface area contributed by atoms with Crippen molar-refractivity contribution in [3.8, 4) is 0 Å². The van der Waals surface area contributed by atoms with E-state index in [4.69, 9.17) is 33.0 Å². The van der Waals surface area contributed by atoms with E-state index in [2.05, 4.69) is 34.1 Å². The molecule has 1 spiro atoms. The molecule has 1 aromatic carbocycles. The van der Waals surface area contributed by atoms with Gasteiger partial charge in [0, 0.05) is 30.2 Å². The molecular formula is C23H25ClN6S. The summed E-state index contributed by atoms with van der Waals surface area (Å²) in [7, 11) is 0. The molecule has 0 radical (unpaired) electrons. The molecule has 1 fully saturated rings. The van der Waals surface area contributed by atoms with Crippen LogP contribution in [0.2, 0.25) is 5.02 Å². The lowest BCUT2D eigenvalue weighted by Crippen LogP contribution is -2.44. The van der Waals surface area contributed by atoms with Gasteiger partial charge in [-0.15, -0.1) is 0 Å². The molecule has 2 aliphatic rings. The van der Waals surface area contributed by atoms with Crippen molar-refractivity contribution in [3.05, 3.63) is 64.6 Å². The van der Waals surface area contributed by atoms with Crippen molar-refractivity contribution in [1.29, 1.82) is 0 Å². The summed E-state index contributed by atoms with van der Waals surface area (Å²) >= 11 is 7.71. The number of rotatable bonds is 3. The van der Waals surface area contributed by atoms with Crippen molar-refractivity contribution >= 4 is 35.0 Å². The maximum Gasteiger partial charge on any atom is 0.150 e. The van der Waals surface area contributed by atoms with Crippen molar-refractivity contribution < 1.29 is 0 Å². The van der Waals surface area contributed by atoms with Gasteiger partial charge in [-0.2, -0.15) is 0 Å². The summed E-state index contributed by atoms with van der Waals surface area (Å²) in [6.45, 7) is 3.89. The summed E-state index contributed by atoms with van der Waals surface area (Å²) in [5, 5.41) is 1.24. The lowest BCUT2D eigenvalue weighted by molar-refractivity contribution is 0.187. The van der Waals surface area contributed by atoms with Crippen LogP contribution in [0.25, 0.3) is 0 Å². The Kier molecular flexibility index (Phi) is 5.28. The highest BCUT2D eigenvalue weighted by Gasteiger charge is 2.46. The number of aromatic nitrogens is 3. The molecule has 1 aliphatic heterocycles. The number of nitrogens with two attached hydrogens (primary N) is 2. The first-order chi connectivity index (χ1) is 15.0. The number of hydrogen-bond acceptors (Lipinski definition) is 7. The summed E-state index contributed by atoms with van der Waals surface area (Å²) in [4.78, 5) is 16.7. The van der Waals surface area contributed by atoms with Crippen molar-refractivity contribution in [3.63, 3.8) is 0 Å². The van der Waals surface area contributed by atoms with Gasteiger partial charge in [0.25, 0.3) is 0 Å². The van der Waals surface area contributed by atoms with Crippen LogP contribution >= 0.6 is 23.4 Å². The van der Waals surface area contributed by atoms with Crippen molar-refractivity contribution in [2.24, 2.45) is 11.1 Å². The second-order valence-electron chi connectivity index (χ2n) is 8.43.